The predicted molar refractivity (Wildman–Crippen MR) is 109 cm³/mol. The van der Waals surface area contributed by atoms with Crippen LogP contribution in [-0.2, 0) is 12.8 Å². The minimum Gasteiger partial charge on any atom is -0.360 e. The number of rotatable bonds is 6. The number of thioether (sulfide) groups is 1. The molecule has 0 fully saturated rings. The van der Waals surface area contributed by atoms with E-state index in [4.69, 9.17) is 4.52 Å². The van der Waals surface area contributed by atoms with Crippen LogP contribution >= 0.6 is 11.8 Å². The Kier molecular flexibility index (Phi) is 5.39. The van der Waals surface area contributed by atoms with Gasteiger partial charge >= 0.3 is 0 Å². The lowest BCUT2D eigenvalue weighted by Crippen LogP contribution is -2.13. The molecule has 8 nitrogen and oxygen atoms in total. The quantitative estimate of drug-likeness (QED) is 0.487. The molecule has 4 aromatic rings. The zero-order chi connectivity index (χ0) is 20.2. The third kappa shape index (κ3) is 4.35. The average molecular weight is 406 g/mol. The summed E-state index contributed by atoms with van der Waals surface area (Å²) in [5, 5.41) is 18.4. The minimum atomic E-state index is -0.185. The van der Waals surface area contributed by atoms with E-state index in [0.717, 1.165) is 21.9 Å². The Hall–Kier alpha value is -3.46. The van der Waals surface area contributed by atoms with Gasteiger partial charge in [0.2, 0.25) is 0 Å². The van der Waals surface area contributed by atoms with Crippen molar-refractivity contribution >= 4 is 23.4 Å². The molecule has 2 aromatic heterocycles. The summed E-state index contributed by atoms with van der Waals surface area (Å²) < 4.78 is 6.83. The van der Waals surface area contributed by atoms with Gasteiger partial charge in [0, 0.05) is 29.3 Å². The lowest BCUT2D eigenvalue weighted by molar-refractivity contribution is 0.102. The van der Waals surface area contributed by atoms with Crippen LogP contribution in [-0.4, -0.2) is 31.3 Å². The number of tetrazole rings is 1. The molecule has 0 aliphatic heterocycles. The maximum absolute atomic E-state index is 12.9. The van der Waals surface area contributed by atoms with Crippen LogP contribution in [0.4, 0.5) is 5.69 Å². The lowest BCUT2D eigenvalue weighted by Gasteiger charge is -2.10. The Labute approximate surface area is 171 Å². The summed E-state index contributed by atoms with van der Waals surface area (Å²) in [6.07, 6.45) is 0. The van der Waals surface area contributed by atoms with Gasteiger partial charge in [0.1, 0.15) is 5.76 Å². The SMILES string of the molecule is Cc1cc(CSc2ccccc2C(=O)Nc2cccc(-c3nnnn3C)c2)on1. The number of hydrogen-bond donors (Lipinski definition) is 1. The molecule has 0 atom stereocenters. The summed E-state index contributed by atoms with van der Waals surface area (Å²) in [6.45, 7) is 1.88. The Morgan fingerprint density at radius 1 is 1.17 bits per heavy atom. The highest BCUT2D eigenvalue weighted by Crippen LogP contribution is 2.28. The maximum Gasteiger partial charge on any atom is 0.256 e. The predicted octanol–water partition coefficient (Wildman–Crippen LogP) is 3.72. The fourth-order valence-corrected chi connectivity index (χ4v) is 3.75. The van der Waals surface area contributed by atoms with E-state index in [0.29, 0.717) is 22.8 Å². The number of aromatic nitrogens is 5. The molecule has 29 heavy (non-hydrogen) atoms. The molecule has 0 saturated carbocycles. The van der Waals surface area contributed by atoms with E-state index in [1.165, 1.54) is 11.8 Å². The molecule has 0 spiro atoms. The average Bonchev–Trinajstić information content (AvgIpc) is 3.34. The number of nitrogens with one attached hydrogen (secondary N) is 1. The first-order valence-corrected chi connectivity index (χ1v) is 9.87. The van der Waals surface area contributed by atoms with E-state index in [-0.39, 0.29) is 5.91 Å². The highest BCUT2D eigenvalue weighted by molar-refractivity contribution is 7.98. The maximum atomic E-state index is 12.9. The second-order valence-corrected chi connectivity index (χ2v) is 7.40. The number of carbonyl (C=O) groups excluding carboxylic acids is 1. The lowest BCUT2D eigenvalue weighted by atomic mass is 10.1. The summed E-state index contributed by atoms with van der Waals surface area (Å²) in [4.78, 5) is 13.8. The molecule has 146 valence electrons. The molecule has 0 aliphatic rings. The first-order chi connectivity index (χ1) is 14.1. The summed E-state index contributed by atoms with van der Waals surface area (Å²) in [5.74, 6) is 1.81. The van der Waals surface area contributed by atoms with Crippen molar-refractivity contribution in [1.82, 2.24) is 25.4 Å². The van der Waals surface area contributed by atoms with E-state index in [2.05, 4.69) is 26.0 Å². The summed E-state index contributed by atoms with van der Waals surface area (Å²) >= 11 is 1.53. The van der Waals surface area contributed by atoms with E-state index in [1.807, 2.05) is 55.5 Å². The molecular weight excluding hydrogens is 388 g/mol. The molecule has 0 aliphatic carbocycles. The molecule has 4 rings (SSSR count). The molecule has 9 heteroatoms. The van der Waals surface area contributed by atoms with E-state index in [9.17, 15) is 4.79 Å². The monoisotopic (exact) mass is 406 g/mol. The largest absolute Gasteiger partial charge is 0.360 e. The Morgan fingerprint density at radius 2 is 2.03 bits per heavy atom. The van der Waals surface area contributed by atoms with Crippen molar-refractivity contribution in [2.24, 2.45) is 7.05 Å². The van der Waals surface area contributed by atoms with Gasteiger partial charge in [0.15, 0.2) is 5.82 Å². The number of nitrogens with zero attached hydrogens (tertiary/aromatic N) is 5. The van der Waals surface area contributed by atoms with Crippen molar-refractivity contribution in [2.75, 3.05) is 5.32 Å². The molecule has 0 saturated heterocycles. The van der Waals surface area contributed by atoms with Gasteiger partial charge in [-0.25, -0.2) is 4.68 Å². The van der Waals surface area contributed by atoms with E-state index in [1.54, 1.807) is 17.8 Å². The van der Waals surface area contributed by atoms with Crippen LogP contribution in [0.2, 0.25) is 0 Å². The number of hydrogen-bond acceptors (Lipinski definition) is 7. The van der Waals surface area contributed by atoms with Gasteiger partial charge in [-0.2, -0.15) is 0 Å². The van der Waals surface area contributed by atoms with Crippen LogP contribution < -0.4 is 5.32 Å². The Bertz CT molecular complexity index is 1150. The first kappa shape index (κ1) is 18.9. The third-order valence-electron chi connectivity index (χ3n) is 4.18. The van der Waals surface area contributed by atoms with Crippen molar-refractivity contribution in [1.29, 1.82) is 0 Å². The van der Waals surface area contributed by atoms with E-state index < -0.39 is 0 Å². The van der Waals surface area contributed by atoms with Crippen LogP contribution in [0.3, 0.4) is 0 Å². The second kappa shape index (κ2) is 8.27. The highest BCUT2D eigenvalue weighted by Gasteiger charge is 2.14. The standard InChI is InChI=1S/C20H18N6O2S/c1-13-10-16(28-23-13)12-29-18-9-4-3-8-17(18)20(27)21-15-7-5-6-14(11-15)19-22-24-25-26(19)2/h3-11H,12H2,1-2H3,(H,21,27). The normalized spacial score (nSPS) is 10.8. The zero-order valence-corrected chi connectivity index (χ0v) is 16.7. The third-order valence-corrected chi connectivity index (χ3v) is 5.27. The van der Waals surface area contributed by atoms with Gasteiger partial charge in [0.05, 0.1) is 17.0 Å². The van der Waals surface area contributed by atoms with Gasteiger partial charge in [-0.05, 0) is 41.6 Å². The van der Waals surface area contributed by atoms with Crippen LogP contribution in [0.1, 0.15) is 21.8 Å². The summed E-state index contributed by atoms with van der Waals surface area (Å²) in [6, 6.07) is 16.8. The van der Waals surface area contributed by atoms with Gasteiger partial charge in [-0.1, -0.05) is 29.4 Å². The molecule has 0 unspecified atom stereocenters. The summed E-state index contributed by atoms with van der Waals surface area (Å²) in [5.41, 5.74) is 2.92. The number of anilines is 1. The number of carbonyl (C=O) groups is 1. The van der Waals surface area contributed by atoms with Crippen molar-refractivity contribution in [3.63, 3.8) is 0 Å². The Morgan fingerprint density at radius 3 is 2.79 bits per heavy atom. The minimum absolute atomic E-state index is 0.185. The van der Waals surface area contributed by atoms with Crippen molar-refractivity contribution < 1.29 is 9.32 Å². The van der Waals surface area contributed by atoms with Crippen molar-refractivity contribution in [2.45, 2.75) is 17.6 Å². The molecule has 2 aromatic carbocycles. The Balaban J connectivity index is 1.51. The van der Waals surface area contributed by atoms with Crippen LogP contribution in [0.25, 0.3) is 11.4 Å². The molecule has 1 N–H and O–H groups in total. The van der Waals surface area contributed by atoms with Gasteiger partial charge in [0.25, 0.3) is 5.91 Å². The van der Waals surface area contributed by atoms with Crippen LogP contribution in [0, 0.1) is 6.92 Å². The first-order valence-electron chi connectivity index (χ1n) is 8.88. The second-order valence-electron chi connectivity index (χ2n) is 6.38. The van der Waals surface area contributed by atoms with Gasteiger partial charge in [-0.3, -0.25) is 4.79 Å². The van der Waals surface area contributed by atoms with Crippen LogP contribution in [0.5, 0.6) is 0 Å². The van der Waals surface area contributed by atoms with Crippen molar-refractivity contribution in [3.05, 3.63) is 71.6 Å². The van der Waals surface area contributed by atoms with Crippen molar-refractivity contribution in [3.8, 4) is 11.4 Å². The molecular formula is C20H18N6O2S. The molecule has 1 amide bonds. The number of aryl methyl sites for hydroxylation is 2. The fraction of sp³-hybridized carbons (Fsp3) is 0.150. The molecule has 2 heterocycles. The van der Waals surface area contributed by atoms with Crippen LogP contribution in [0.15, 0.2) is 64.0 Å². The fourth-order valence-electron chi connectivity index (χ4n) is 2.82. The van der Waals surface area contributed by atoms with E-state index >= 15 is 0 Å². The number of amides is 1. The highest BCUT2D eigenvalue weighted by atomic mass is 32.2. The smallest absolute Gasteiger partial charge is 0.256 e. The number of benzene rings is 2. The van der Waals surface area contributed by atoms with Gasteiger partial charge in [-0.15, -0.1) is 16.9 Å². The molecule has 0 bridgehead atoms. The topological polar surface area (TPSA) is 98.7 Å². The summed E-state index contributed by atoms with van der Waals surface area (Å²) in [7, 11) is 1.77. The zero-order valence-electron chi connectivity index (χ0n) is 15.9. The molecule has 0 radical (unpaired) electrons. The van der Waals surface area contributed by atoms with Gasteiger partial charge < -0.3 is 9.84 Å².